The fourth-order valence-electron chi connectivity index (χ4n) is 3.79. The van der Waals surface area contributed by atoms with Crippen molar-refractivity contribution in [3.8, 4) is 16.9 Å². The summed E-state index contributed by atoms with van der Waals surface area (Å²) >= 11 is 12.2. The number of nitrogens with one attached hydrogen (secondary N) is 1. The van der Waals surface area contributed by atoms with Gasteiger partial charge >= 0.3 is 0 Å². The average Bonchev–Trinajstić information content (AvgIpc) is 2.66. The van der Waals surface area contributed by atoms with Gasteiger partial charge in [0, 0.05) is 10.6 Å². The Hall–Kier alpha value is -2.01. The molecule has 1 saturated heterocycles. The molecule has 1 aromatic heterocycles. The normalized spacial score (nSPS) is 15.3. The predicted octanol–water partition coefficient (Wildman–Crippen LogP) is 4.04. The van der Waals surface area contributed by atoms with Gasteiger partial charge in [-0.2, -0.15) is 0 Å². The summed E-state index contributed by atoms with van der Waals surface area (Å²) in [4.78, 5) is 14.5. The molecule has 1 fully saturated rings. The smallest absolute Gasteiger partial charge is 0.200 e. The van der Waals surface area contributed by atoms with Gasteiger partial charge in [0.15, 0.2) is 0 Å². The quantitative estimate of drug-likeness (QED) is 0.692. The number of hydrogen-bond donors (Lipinski definition) is 2. The zero-order valence-corrected chi connectivity index (χ0v) is 16.2. The van der Waals surface area contributed by atoms with Gasteiger partial charge in [0.1, 0.15) is 24.1 Å². The highest BCUT2D eigenvalue weighted by Crippen LogP contribution is 2.31. The Bertz CT molecular complexity index is 1060. The van der Waals surface area contributed by atoms with Crippen molar-refractivity contribution in [2.45, 2.75) is 25.8 Å². The van der Waals surface area contributed by atoms with Gasteiger partial charge in [0.25, 0.3) is 0 Å². The number of likely N-dealkylation sites (tertiary alicyclic amines) is 1. The average molecular weight is 405 g/mol. The molecule has 0 unspecified atom stereocenters. The van der Waals surface area contributed by atoms with Crippen molar-refractivity contribution < 1.29 is 14.4 Å². The summed E-state index contributed by atoms with van der Waals surface area (Å²) in [6.07, 6.45) is 5.05. The fourth-order valence-corrected chi connectivity index (χ4v) is 4.30. The lowest BCUT2D eigenvalue weighted by Gasteiger charge is -2.24. The standard InChI is InChI=1S/C21H19Cl2NO3/c22-13-4-5-14(18(23)10-13)17-12-27-21-15(20(17)26)6-7-19(25)16(21)11-24-8-2-1-3-9-24/h4-7,10,12,25H,1-3,8-9,11H2/p+1. The highest BCUT2D eigenvalue weighted by Gasteiger charge is 2.21. The van der Waals surface area contributed by atoms with Gasteiger partial charge in [-0.05, 0) is 43.5 Å². The Morgan fingerprint density at radius 1 is 1.04 bits per heavy atom. The Labute approximate surface area is 166 Å². The van der Waals surface area contributed by atoms with Gasteiger partial charge in [-0.25, -0.2) is 0 Å². The first-order chi connectivity index (χ1) is 13.0. The van der Waals surface area contributed by atoms with Crippen LogP contribution in [0, 0.1) is 0 Å². The maximum Gasteiger partial charge on any atom is 0.200 e. The molecule has 4 nitrogen and oxygen atoms in total. The van der Waals surface area contributed by atoms with Crippen LogP contribution in [0.2, 0.25) is 10.0 Å². The molecule has 2 heterocycles. The molecule has 2 aromatic carbocycles. The molecule has 4 rings (SSSR count). The van der Waals surface area contributed by atoms with Crippen LogP contribution < -0.4 is 10.3 Å². The van der Waals surface area contributed by atoms with Crippen LogP contribution in [0.1, 0.15) is 24.8 Å². The topological polar surface area (TPSA) is 54.9 Å². The number of rotatable bonds is 3. The van der Waals surface area contributed by atoms with E-state index in [1.54, 1.807) is 30.3 Å². The minimum atomic E-state index is -0.171. The zero-order valence-electron chi connectivity index (χ0n) is 14.7. The van der Waals surface area contributed by atoms with E-state index in [2.05, 4.69) is 0 Å². The van der Waals surface area contributed by atoms with Crippen molar-refractivity contribution in [3.63, 3.8) is 0 Å². The molecule has 0 saturated carbocycles. The van der Waals surface area contributed by atoms with Gasteiger partial charge in [-0.15, -0.1) is 0 Å². The van der Waals surface area contributed by atoms with Crippen LogP contribution in [0.25, 0.3) is 22.1 Å². The highest BCUT2D eigenvalue weighted by atomic mass is 35.5. The summed E-state index contributed by atoms with van der Waals surface area (Å²) in [5, 5.41) is 11.7. The lowest BCUT2D eigenvalue weighted by molar-refractivity contribution is -0.918. The first-order valence-electron chi connectivity index (χ1n) is 9.10. The third-order valence-electron chi connectivity index (χ3n) is 5.23. The molecular formula is C21H20Cl2NO3+. The maximum atomic E-state index is 13.1. The highest BCUT2D eigenvalue weighted by molar-refractivity contribution is 6.36. The van der Waals surface area contributed by atoms with Crippen LogP contribution >= 0.6 is 23.2 Å². The van der Waals surface area contributed by atoms with E-state index in [4.69, 9.17) is 27.6 Å². The van der Waals surface area contributed by atoms with Gasteiger partial charge in [0.05, 0.1) is 34.6 Å². The monoisotopic (exact) mass is 404 g/mol. The second-order valence-corrected chi connectivity index (χ2v) is 7.87. The second-order valence-electron chi connectivity index (χ2n) is 7.03. The minimum Gasteiger partial charge on any atom is -0.507 e. The molecular weight excluding hydrogens is 385 g/mol. The van der Waals surface area contributed by atoms with E-state index in [1.807, 2.05) is 0 Å². The summed E-state index contributed by atoms with van der Waals surface area (Å²) < 4.78 is 5.85. The molecule has 140 valence electrons. The largest absolute Gasteiger partial charge is 0.507 e. The molecule has 1 aliphatic heterocycles. The molecule has 27 heavy (non-hydrogen) atoms. The molecule has 1 aliphatic rings. The van der Waals surface area contributed by atoms with Crippen LogP contribution in [-0.4, -0.2) is 18.2 Å². The van der Waals surface area contributed by atoms with Crippen molar-refractivity contribution in [3.05, 3.63) is 62.4 Å². The van der Waals surface area contributed by atoms with E-state index in [-0.39, 0.29) is 11.2 Å². The molecule has 0 bridgehead atoms. The summed E-state index contributed by atoms with van der Waals surface area (Å²) in [5.41, 5.74) is 1.93. The van der Waals surface area contributed by atoms with Gasteiger partial charge in [-0.3, -0.25) is 4.79 Å². The number of fused-ring (bicyclic) bond motifs is 1. The molecule has 0 amide bonds. The Morgan fingerprint density at radius 3 is 2.56 bits per heavy atom. The number of quaternary nitrogens is 1. The molecule has 0 radical (unpaired) electrons. The second kappa shape index (κ2) is 7.55. The predicted molar refractivity (Wildman–Crippen MR) is 108 cm³/mol. The number of phenols is 1. The molecule has 3 aromatic rings. The SMILES string of the molecule is O=c1c(-c2ccc(Cl)cc2Cl)coc2c(C[NH+]3CCCCC3)c(O)ccc12. The van der Waals surface area contributed by atoms with E-state index in [0.717, 1.165) is 13.1 Å². The minimum absolute atomic E-state index is 0.168. The number of phenolic OH excluding ortho intramolecular Hbond substituents is 1. The molecule has 0 aliphatic carbocycles. The zero-order chi connectivity index (χ0) is 19.0. The summed E-state index contributed by atoms with van der Waals surface area (Å²) in [7, 11) is 0. The van der Waals surface area contributed by atoms with E-state index in [1.165, 1.54) is 30.4 Å². The summed E-state index contributed by atoms with van der Waals surface area (Å²) in [6.45, 7) is 2.78. The Kier molecular flexibility index (Phi) is 5.13. The third kappa shape index (κ3) is 3.57. The van der Waals surface area contributed by atoms with Gasteiger partial charge in [-0.1, -0.05) is 29.3 Å². The van der Waals surface area contributed by atoms with Crippen LogP contribution in [0.3, 0.4) is 0 Å². The lowest BCUT2D eigenvalue weighted by Crippen LogP contribution is -3.11. The van der Waals surface area contributed by atoms with Gasteiger partial charge in [0.2, 0.25) is 5.43 Å². The van der Waals surface area contributed by atoms with Crippen molar-refractivity contribution in [2.24, 2.45) is 0 Å². The fraction of sp³-hybridized carbons (Fsp3) is 0.286. The Morgan fingerprint density at radius 2 is 1.81 bits per heavy atom. The van der Waals surface area contributed by atoms with Crippen LogP contribution in [0.4, 0.5) is 0 Å². The summed E-state index contributed by atoms with van der Waals surface area (Å²) in [6, 6.07) is 8.18. The van der Waals surface area contributed by atoms with Crippen LogP contribution in [0.15, 0.2) is 45.8 Å². The van der Waals surface area contributed by atoms with Crippen molar-refractivity contribution >= 4 is 34.2 Å². The van der Waals surface area contributed by atoms with Crippen molar-refractivity contribution in [1.82, 2.24) is 0 Å². The van der Waals surface area contributed by atoms with Crippen LogP contribution in [-0.2, 0) is 6.54 Å². The van der Waals surface area contributed by atoms with E-state index >= 15 is 0 Å². The lowest BCUT2D eigenvalue weighted by atomic mass is 10.0. The van der Waals surface area contributed by atoms with Crippen molar-refractivity contribution in [1.29, 1.82) is 0 Å². The van der Waals surface area contributed by atoms with E-state index in [9.17, 15) is 9.90 Å². The number of benzene rings is 2. The number of aromatic hydroxyl groups is 1. The molecule has 2 N–H and O–H groups in total. The van der Waals surface area contributed by atoms with E-state index in [0.29, 0.717) is 44.2 Å². The summed E-state index contributed by atoms with van der Waals surface area (Å²) in [5.74, 6) is 0.168. The number of hydrogen-bond acceptors (Lipinski definition) is 3. The van der Waals surface area contributed by atoms with Gasteiger partial charge < -0.3 is 14.4 Å². The van der Waals surface area contributed by atoms with Crippen LogP contribution in [0.5, 0.6) is 5.75 Å². The number of halogens is 2. The number of piperidine rings is 1. The molecule has 0 atom stereocenters. The third-order valence-corrected chi connectivity index (χ3v) is 5.78. The molecule has 0 spiro atoms. The first kappa shape index (κ1) is 18.4. The Balaban J connectivity index is 1.82. The van der Waals surface area contributed by atoms with Crippen molar-refractivity contribution in [2.75, 3.05) is 13.1 Å². The van der Waals surface area contributed by atoms with E-state index < -0.39 is 0 Å². The maximum absolute atomic E-state index is 13.1. The first-order valence-corrected chi connectivity index (χ1v) is 9.85. The molecule has 6 heteroatoms.